The third-order valence-corrected chi connectivity index (χ3v) is 4.94. The molecule has 0 saturated carbocycles. The van der Waals surface area contributed by atoms with E-state index in [1.165, 1.54) is 11.8 Å². The molecule has 0 aliphatic carbocycles. The summed E-state index contributed by atoms with van der Waals surface area (Å²) in [5, 5.41) is 12.6. The summed E-state index contributed by atoms with van der Waals surface area (Å²) in [4.78, 5) is 28.6. The van der Waals surface area contributed by atoms with Crippen LogP contribution in [0.5, 0.6) is 0 Å². The Bertz CT molecular complexity index is 1050. The molecule has 0 saturated heterocycles. The van der Waals surface area contributed by atoms with Crippen molar-refractivity contribution in [2.45, 2.75) is 20.8 Å². The van der Waals surface area contributed by atoms with Gasteiger partial charge in [-0.2, -0.15) is 0 Å². The van der Waals surface area contributed by atoms with Gasteiger partial charge in [0.1, 0.15) is 5.69 Å². The fourth-order valence-corrected chi connectivity index (χ4v) is 2.85. The van der Waals surface area contributed by atoms with Gasteiger partial charge in [-0.05, 0) is 69.5 Å². The number of nitrogens with one attached hydrogen (secondary N) is 4. The highest BCUT2D eigenvalue weighted by atomic mass is 32.2. The van der Waals surface area contributed by atoms with Gasteiger partial charge < -0.3 is 21.3 Å². The van der Waals surface area contributed by atoms with Gasteiger partial charge in [-0.1, -0.05) is 12.2 Å². The first-order valence-corrected chi connectivity index (χ1v) is 11.2. The van der Waals surface area contributed by atoms with E-state index in [1.807, 2.05) is 50.4 Å². The molecule has 0 bridgehead atoms. The van der Waals surface area contributed by atoms with Gasteiger partial charge in [0.25, 0.3) is 11.8 Å². The highest BCUT2D eigenvalue weighted by Crippen LogP contribution is 2.20. The molecular weight excluding hydrogens is 422 g/mol. The number of benzene rings is 1. The number of hydrogen-bond acceptors (Lipinski definition) is 6. The molecule has 0 radical (unpaired) electrons. The molecule has 0 unspecified atom stereocenters. The highest BCUT2D eigenvalue weighted by molar-refractivity contribution is 8.02. The molecule has 0 spiro atoms. The minimum Gasteiger partial charge on any atom is -0.355 e. The summed E-state index contributed by atoms with van der Waals surface area (Å²) in [6.07, 6.45) is 5.41. The van der Waals surface area contributed by atoms with Gasteiger partial charge in [-0.25, -0.2) is 0 Å². The molecule has 0 atom stereocenters. The lowest BCUT2D eigenvalue weighted by atomic mass is 10.1. The van der Waals surface area contributed by atoms with Crippen LogP contribution in [0.25, 0.3) is 0 Å². The molecule has 2 rings (SSSR count). The van der Waals surface area contributed by atoms with Gasteiger partial charge in [0, 0.05) is 41.6 Å². The standard InChI is InChI=1S/C24H29N5O2S/c1-15(2)13-21(27-17(4)32-6)16(3)23(30)29-19-9-7-18(8-10-19)28-20-11-12-26-22(14-20)24(31)25-5/h7-14,27H,4H2,1-3,5-6H3,(H,25,31)(H,26,28)(H,29,30)/b21-16+. The molecule has 1 aromatic carbocycles. The quantitative estimate of drug-likeness (QED) is 0.324. The summed E-state index contributed by atoms with van der Waals surface area (Å²) < 4.78 is 0. The van der Waals surface area contributed by atoms with Crippen LogP contribution in [-0.2, 0) is 4.79 Å². The topological polar surface area (TPSA) is 95.2 Å². The van der Waals surface area contributed by atoms with E-state index in [1.54, 1.807) is 32.3 Å². The van der Waals surface area contributed by atoms with Crippen molar-refractivity contribution in [2.75, 3.05) is 23.9 Å². The summed E-state index contributed by atoms with van der Waals surface area (Å²) in [5.41, 5.74) is 4.88. The number of carbonyl (C=O) groups excluding carboxylic acids is 2. The molecule has 1 heterocycles. The second-order valence-corrected chi connectivity index (χ2v) is 8.08. The zero-order valence-electron chi connectivity index (χ0n) is 19.0. The van der Waals surface area contributed by atoms with E-state index in [0.29, 0.717) is 22.7 Å². The maximum Gasteiger partial charge on any atom is 0.269 e. The average molecular weight is 452 g/mol. The normalized spacial score (nSPS) is 11.0. The molecule has 0 aliphatic heterocycles. The summed E-state index contributed by atoms with van der Waals surface area (Å²) in [6.45, 7) is 9.65. The number of allylic oxidation sites excluding steroid dienone is 2. The highest BCUT2D eigenvalue weighted by Gasteiger charge is 2.11. The fourth-order valence-electron chi connectivity index (χ4n) is 2.64. The van der Waals surface area contributed by atoms with E-state index in [4.69, 9.17) is 0 Å². The van der Waals surface area contributed by atoms with Crippen molar-refractivity contribution >= 4 is 40.6 Å². The maximum atomic E-state index is 12.8. The Labute approximate surface area is 193 Å². The van der Waals surface area contributed by atoms with E-state index >= 15 is 0 Å². The molecule has 7 nitrogen and oxygen atoms in total. The zero-order valence-corrected chi connectivity index (χ0v) is 19.8. The van der Waals surface area contributed by atoms with Gasteiger partial charge in [-0.15, -0.1) is 11.8 Å². The Morgan fingerprint density at radius 3 is 2.28 bits per heavy atom. The van der Waals surface area contributed by atoms with Crippen LogP contribution in [0, 0.1) is 0 Å². The molecule has 2 amide bonds. The molecule has 0 aliphatic rings. The van der Waals surface area contributed by atoms with Crippen molar-refractivity contribution in [3.63, 3.8) is 0 Å². The van der Waals surface area contributed by atoms with Crippen molar-refractivity contribution in [2.24, 2.45) is 0 Å². The number of anilines is 3. The molecule has 0 fully saturated rings. The van der Waals surface area contributed by atoms with E-state index in [2.05, 4.69) is 32.8 Å². The summed E-state index contributed by atoms with van der Waals surface area (Å²) in [5.74, 6) is -0.456. The Kier molecular flexibility index (Phi) is 9.09. The number of amides is 2. The van der Waals surface area contributed by atoms with Crippen LogP contribution < -0.4 is 21.3 Å². The van der Waals surface area contributed by atoms with Crippen molar-refractivity contribution in [1.29, 1.82) is 0 Å². The minimum atomic E-state index is -0.252. The van der Waals surface area contributed by atoms with Crippen LogP contribution in [0.3, 0.4) is 0 Å². The number of thioether (sulfide) groups is 1. The average Bonchev–Trinajstić information content (AvgIpc) is 2.78. The second-order valence-electron chi connectivity index (χ2n) is 7.18. The van der Waals surface area contributed by atoms with Crippen molar-refractivity contribution in [3.05, 3.63) is 82.8 Å². The number of carbonyl (C=O) groups is 2. The third-order valence-electron chi connectivity index (χ3n) is 4.35. The largest absolute Gasteiger partial charge is 0.355 e. The lowest BCUT2D eigenvalue weighted by Crippen LogP contribution is -2.19. The lowest BCUT2D eigenvalue weighted by molar-refractivity contribution is -0.112. The van der Waals surface area contributed by atoms with Crippen LogP contribution >= 0.6 is 11.8 Å². The number of rotatable bonds is 9. The second kappa shape index (κ2) is 11.8. The molecule has 1 aromatic heterocycles. The monoisotopic (exact) mass is 451 g/mol. The Balaban J connectivity index is 2.12. The molecule has 2 aromatic rings. The van der Waals surface area contributed by atoms with Crippen LogP contribution in [0.15, 0.2) is 77.1 Å². The van der Waals surface area contributed by atoms with Crippen LogP contribution in [0.2, 0.25) is 0 Å². The summed E-state index contributed by atoms with van der Waals surface area (Å²) >= 11 is 1.49. The van der Waals surface area contributed by atoms with Crippen LogP contribution in [0.1, 0.15) is 31.3 Å². The lowest BCUT2D eigenvalue weighted by Gasteiger charge is -2.14. The van der Waals surface area contributed by atoms with Gasteiger partial charge in [-0.3, -0.25) is 14.6 Å². The first-order valence-electron chi connectivity index (χ1n) is 9.95. The number of aromatic nitrogens is 1. The first kappa shape index (κ1) is 24.7. The smallest absolute Gasteiger partial charge is 0.269 e. The fraction of sp³-hybridized carbons (Fsp3) is 0.208. The van der Waals surface area contributed by atoms with E-state index in [-0.39, 0.29) is 11.8 Å². The van der Waals surface area contributed by atoms with Gasteiger partial charge >= 0.3 is 0 Å². The Morgan fingerprint density at radius 2 is 1.69 bits per heavy atom. The van der Waals surface area contributed by atoms with Gasteiger partial charge in [0.2, 0.25) is 0 Å². The van der Waals surface area contributed by atoms with Crippen molar-refractivity contribution in [3.8, 4) is 0 Å². The van der Waals surface area contributed by atoms with E-state index in [9.17, 15) is 9.59 Å². The predicted octanol–water partition coefficient (Wildman–Crippen LogP) is 4.79. The van der Waals surface area contributed by atoms with Crippen molar-refractivity contribution in [1.82, 2.24) is 15.6 Å². The number of pyridine rings is 1. The zero-order chi connectivity index (χ0) is 23.7. The Hall–Kier alpha value is -3.52. The van der Waals surface area contributed by atoms with Crippen LogP contribution in [0.4, 0.5) is 17.1 Å². The molecular formula is C24H29N5O2S. The minimum absolute atomic E-state index is 0.205. The van der Waals surface area contributed by atoms with E-state index in [0.717, 1.165) is 22.0 Å². The van der Waals surface area contributed by atoms with E-state index < -0.39 is 0 Å². The summed E-state index contributed by atoms with van der Waals surface area (Å²) in [7, 11) is 1.56. The number of nitrogens with zero attached hydrogens (tertiary/aromatic N) is 1. The molecule has 32 heavy (non-hydrogen) atoms. The predicted molar refractivity (Wildman–Crippen MR) is 134 cm³/mol. The SMILES string of the molecule is C=C(N/C(C=C(C)C)=C(\C)C(=O)Nc1ccc(Nc2ccnc(C(=O)NC)c2)cc1)SC. The molecule has 4 N–H and O–H groups in total. The first-order chi connectivity index (χ1) is 15.2. The van der Waals surface area contributed by atoms with Crippen LogP contribution in [-0.4, -0.2) is 30.1 Å². The molecule has 168 valence electrons. The summed E-state index contributed by atoms with van der Waals surface area (Å²) in [6, 6.07) is 10.8. The van der Waals surface area contributed by atoms with Gasteiger partial charge in [0.05, 0.1) is 5.03 Å². The molecule has 8 heteroatoms. The van der Waals surface area contributed by atoms with Gasteiger partial charge in [0.15, 0.2) is 0 Å². The van der Waals surface area contributed by atoms with Crippen molar-refractivity contribution < 1.29 is 9.59 Å². The Morgan fingerprint density at radius 1 is 1.03 bits per heavy atom. The number of hydrogen-bond donors (Lipinski definition) is 4. The third kappa shape index (κ3) is 7.31. The maximum absolute atomic E-state index is 12.8.